The predicted molar refractivity (Wildman–Crippen MR) is 104 cm³/mol. The van der Waals surface area contributed by atoms with Crippen molar-refractivity contribution in [2.24, 2.45) is 4.99 Å². The molecule has 0 heterocycles. The third-order valence-electron chi connectivity index (χ3n) is 2.99. The average Bonchev–Trinajstić information content (AvgIpc) is 2.56. The number of methoxy groups -OCH3 is 1. The van der Waals surface area contributed by atoms with Gasteiger partial charge in [-0.3, -0.25) is 4.79 Å². The molecule has 2 N–H and O–H groups in total. The first-order chi connectivity index (χ1) is 12.3. The molecular formula is C19H31N3O4. The Hall–Kier alpha value is -2.28. The SMILES string of the molecule is CCNC(=NCC(=O)OC(C)(C)C)Nc1cccc(OCCCOC)c1. The van der Waals surface area contributed by atoms with Gasteiger partial charge < -0.3 is 24.8 Å². The lowest BCUT2D eigenvalue weighted by molar-refractivity contribution is -0.152. The first-order valence-corrected chi connectivity index (χ1v) is 8.83. The number of nitrogens with zero attached hydrogens (tertiary/aromatic N) is 1. The number of esters is 1. The van der Waals surface area contributed by atoms with Gasteiger partial charge in [0.1, 0.15) is 17.9 Å². The zero-order valence-corrected chi connectivity index (χ0v) is 16.4. The molecule has 0 fully saturated rings. The maximum Gasteiger partial charge on any atom is 0.328 e. The van der Waals surface area contributed by atoms with E-state index in [1.807, 2.05) is 52.0 Å². The highest BCUT2D eigenvalue weighted by atomic mass is 16.6. The Bertz CT molecular complexity index is 582. The molecule has 146 valence electrons. The van der Waals surface area contributed by atoms with E-state index in [0.717, 1.165) is 17.9 Å². The molecule has 0 radical (unpaired) electrons. The van der Waals surface area contributed by atoms with Gasteiger partial charge >= 0.3 is 5.97 Å². The molecule has 0 aliphatic rings. The van der Waals surface area contributed by atoms with E-state index in [4.69, 9.17) is 14.2 Å². The highest BCUT2D eigenvalue weighted by molar-refractivity contribution is 5.94. The van der Waals surface area contributed by atoms with Crippen LogP contribution >= 0.6 is 0 Å². The van der Waals surface area contributed by atoms with E-state index in [9.17, 15) is 4.79 Å². The Balaban J connectivity index is 2.65. The van der Waals surface area contributed by atoms with E-state index in [1.54, 1.807) is 7.11 Å². The summed E-state index contributed by atoms with van der Waals surface area (Å²) in [6, 6.07) is 7.57. The fourth-order valence-electron chi connectivity index (χ4n) is 2.02. The molecule has 0 aromatic heterocycles. The molecule has 26 heavy (non-hydrogen) atoms. The predicted octanol–water partition coefficient (Wildman–Crippen LogP) is 2.82. The maximum atomic E-state index is 11.8. The molecule has 0 spiro atoms. The number of hydrogen-bond acceptors (Lipinski definition) is 5. The van der Waals surface area contributed by atoms with Crippen LogP contribution in [0, 0.1) is 0 Å². The molecule has 1 rings (SSSR count). The maximum absolute atomic E-state index is 11.8. The number of guanidine groups is 1. The lowest BCUT2D eigenvalue weighted by atomic mass is 10.2. The third kappa shape index (κ3) is 9.88. The van der Waals surface area contributed by atoms with Crippen LogP contribution in [0.5, 0.6) is 5.75 Å². The summed E-state index contributed by atoms with van der Waals surface area (Å²) in [5, 5.41) is 6.27. The highest BCUT2D eigenvalue weighted by Gasteiger charge is 2.15. The quantitative estimate of drug-likeness (QED) is 0.303. The monoisotopic (exact) mass is 365 g/mol. The van der Waals surface area contributed by atoms with Crippen molar-refractivity contribution in [3.05, 3.63) is 24.3 Å². The smallest absolute Gasteiger partial charge is 0.328 e. The fraction of sp³-hybridized carbons (Fsp3) is 0.579. The van der Waals surface area contributed by atoms with Crippen molar-refractivity contribution in [2.45, 2.75) is 39.7 Å². The largest absolute Gasteiger partial charge is 0.493 e. The number of ether oxygens (including phenoxy) is 3. The van der Waals surface area contributed by atoms with Gasteiger partial charge in [-0.15, -0.1) is 0 Å². The van der Waals surface area contributed by atoms with Crippen LogP contribution in [0.2, 0.25) is 0 Å². The summed E-state index contributed by atoms with van der Waals surface area (Å²) in [7, 11) is 1.67. The van der Waals surface area contributed by atoms with Gasteiger partial charge in [-0.25, -0.2) is 4.99 Å². The molecule has 0 aliphatic carbocycles. The van der Waals surface area contributed by atoms with Crippen molar-refractivity contribution in [1.29, 1.82) is 0 Å². The summed E-state index contributed by atoms with van der Waals surface area (Å²) in [6.07, 6.45) is 0.828. The topological polar surface area (TPSA) is 81.2 Å². The van der Waals surface area contributed by atoms with Gasteiger partial charge in [-0.1, -0.05) is 6.07 Å². The zero-order chi connectivity index (χ0) is 19.4. The second-order valence-electron chi connectivity index (χ2n) is 6.63. The number of anilines is 1. The molecule has 7 nitrogen and oxygen atoms in total. The zero-order valence-electron chi connectivity index (χ0n) is 16.4. The molecule has 1 aromatic rings. The van der Waals surface area contributed by atoms with Crippen LogP contribution < -0.4 is 15.4 Å². The normalized spacial score (nSPS) is 11.8. The Labute approximate surface area is 156 Å². The van der Waals surface area contributed by atoms with E-state index in [1.165, 1.54) is 0 Å². The van der Waals surface area contributed by atoms with Crippen molar-refractivity contribution in [1.82, 2.24) is 5.32 Å². The van der Waals surface area contributed by atoms with Gasteiger partial charge in [0.15, 0.2) is 5.96 Å². The van der Waals surface area contributed by atoms with Crippen molar-refractivity contribution >= 4 is 17.6 Å². The van der Waals surface area contributed by atoms with Crippen LogP contribution in [0.1, 0.15) is 34.1 Å². The van der Waals surface area contributed by atoms with E-state index >= 15 is 0 Å². The van der Waals surface area contributed by atoms with Crippen LogP contribution in [0.4, 0.5) is 5.69 Å². The minimum atomic E-state index is -0.521. The summed E-state index contributed by atoms with van der Waals surface area (Å²) in [6.45, 7) is 9.32. The minimum Gasteiger partial charge on any atom is -0.493 e. The van der Waals surface area contributed by atoms with Crippen molar-refractivity contribution in [3.63, 3.8) is 0 Å². The third-order valence-corrected chi connectivity index (χ3v) is 2.99. The number of carbonyl (C=O) groups excluding carboxylic acids is 1. The Morgan fingerprint density at radius 2 is 2.00 bits per heavy atom. The number of hydrogen-bond donors (Lipinski definition) is 2. The minimum absolute atomic E-state index is 0.0557. The summed E-state index contributed by atoms with van der Waals surface area (Å²) in [5.74, 6) is 0.897. The van der Waals surface area contributed by atoms with E-state index in [-0.39, 0.29) is 12.5 Å². The molecule has 0 aliphatic heterocycles. The number of rotatable bonds is 9. The van der Waals surface area contributed by atoms with Crippen molar-refractivity contribution < 1.29 is 19.0 Å². The summed E-state index contributed by atoms with van der Waals surface area (Å²) < 4.78 is 16.0. The summed E-state index contributed by atoms with van der Waals surface area (Å²) >= 11 is 0. The molecule has 1 aromatic carbocycles. The molecule has 0 bridgehead atoms. The number of carbonyl (C=O) groups is 1. The molecule has 0 saturated heterocycles. The number of aliphatic imine (C=N–C) groups is 1. The van der Waals surface area contributed by atoms with Crippen LogP contribution in [0.15, 0.2) is 29.3 Å². The molecule has 0 saturated carbocycles. The Kier molecular flexibility index (Phi) is 9.51. The Morgan fingerprint density at radius 3 is 2.65 bits per heavy atom. The first kappa shape index (κ1) is 21.8. The average molecular weight is 365 g/mol. The van der Waals surface area contributed by atoms with Crippen LogP contribution in [0.3, 0.4) is 0 Å². The van der Waals surface area contributed by atoms with Crippen LogP contribution in [0.25, 0.3) is 0 Å². The molecule has 0 unspecified atom stereocenters. The number of benzene rings is 1. The fourth-order valence-corrected chi connectivity index (χ4v) is 2.02. The van der Waals surface area contributed by atoms with Crippen molar-refractivity contribution in [2.75, 3.05) is 38.7 Å². The number of nitrogens with one attached hydrogen (secondary N) is 2. The van der Waals surface area contributed by atoms with Crippen molar-refractivity contribution in [3.8, 4) is 5.75 Å². The van der Waals surface area contributed by atoms with E-state index in [2.05, 4.69) is 15.6 Å². The van der Waals surface area contributed by atoms with Gasteiger partial charge in [0, 0.05) is 38.4 Å². The van der Waals surface area contributed by atoms with E-state index < -0.39 is 5.60 Å². The molecular weight excluding hydrogens is 334 g/mol. The van der Waals surface area contributed by atoms with Gasteiger partial charge in [-0.2, -0.15) is 0 Å². The lowest BCUT2D eigenvalue weighted by Crippen LogP contribution is -2.32. The highest BCUT2D eigenvalue weighted by Crippen LogP contribution is 2.17. The second kappa shape index (κ2) is 11.4. The van der Waals surface area contributed by atoms with Crippen LogP contribution in [-0.2, 0) is 14.3 Å². The van der Waals surface area contributed by atoms with E-state index in [0.29, 0.717) is 25.7 Å². The van der Waals surface area contributed by atoms with Crippen LogP contribution in [-0.4, -0.2) is 50.9 Å². The standard InChI is InChI=1S/C19H31N3O4/c1-6-20-18(21-14-17(23)26-19(2,3)4)22-15-9-7-10-16(13-15)25-12-8-11-24-5/h7,9-10,13H,6,8,11-12,14H2,1-5H3,(H2,20,21,22). The first-order valence-electron chi connectivity index (χ1n) is 8.83. The summed E-state index contributed by atoms with van der Waals surface area (Å²) in [4.78, 5) is 16.1. The summed E-state index contributed by atoms with van der Waals surface area (Å²) in [5.41, 5.74) is 0.297. The van der Waals surface area contributed by atoms with Gasteiger partial charge in [0.25, 0.3) is 0 Å². The van der Waals surface area contributed by atoms with Gasteiger partial charge in [-0.05, 0) is 39.8 Å². The Morgan fingerprint density at radius 1 is 1.23 bits per heavy atom. The molecule has 0 amide bonds. The molecule has 7 heteroatoms. The van der Waals surface area contributed by atoms with Gasteiger partial charge in [0.05, 0.1) is 6.61 Å². The molecule has 0 atom stereocenters. The second-order valence-corrected chi connectivity index (χ2v) is 6.63. The lowest BCUT2D eigenvalue weighted by Gasteiger charge is -2.19. The van der Waals surface area contributed by atoms with Gasteiger partial charge in [0.2, 0.25) is 0 Å².